The van der Waals surface area contributed by atoms with E-state index in [0.29, 0.717) is 28.9 Å². The summed E-state index contributed by atoms with van der Waals surface area (Å²) in [6.07, 6.45) is 0. The summed E-state index contributed by atoms with van der Waals surface area (Å²) in [5, 5.41) is 9.92. The molecule has 3 rings (SSSR count). The highest BCUT2D eigenvalue weighted by Crippen LogP contribution is 2.34. The first-order valence-corrected chi connectivity index (χ1v) is 9.20. The summed E-state index contributed by atoms with van der Waals surface area (Å²) in [7, 11) is 3.21. The highest BCUT2D eigenvalue weighted by atomic mass is 32.1. The lowest BCUT2D eigenvalue weighted by molar-refractivity contribution is 0.252. The van der Waals surface area contributed by atoms with E-state index in [1.165, 1.54) is 11.3 Å². The summed E-state index contributed by atoms with van der Waals surface area (Å²) in [6.45, 7) is 0.492. The molecule has 2 N–H and O–H groups in total. The van der Waals surface area contributed by atoms with Crippen LogP contribution in [-0.2, 0) is 6.54 Å². The lowest BCUT2D eigenvalue weighted by atomic mass is 10.1. The lowest BCUT2D eigenvalue weighted by Gasteiger charge is -2.08. The molecule has 130 valence electrons. The Kier molecular flexibility index (Phi) is 5.52. The smallest absolute Gasteiger partial charge is 0.321 e. The Morgan fingerprint density at radius 3 is 2.80 bits per heavy atom. The molecule has 0 saturated carbocycles. The van der Waals surface area contributed by atoms with Gasteiger partial charge in [-0.05, 0) is 29.6 Å². The zero-order chi connectivity index (χ0) is 17.6. The number of nitrogens with one attached hydrogen (secondary N) is 2. The van der Waals surface area contributed by atoms with Crippen LogP contribution in [0.3, 0.4) is 0 Å². The minimum atomic E-state index is -0.285. The molecular formula is C17H17N3O3S2. The van der Waals surface area contributed by atoms with Crippen LogP contribution < -0.4 is 20.1 Å². The fourth-order valence-corrected chi connectivity index (χ4v) is 3.54. The van der Waals surface area contributed by atoms with Crippen LogP contribution in [0.5, 0.6) is 11.5 Å². The zero-order valence-corrected chi connectivity index (χ0v) is 15.4. The number of benzene rings is 1. The van der Waals surface area contributed by atoms with E-state index in [2.05, 4.69) is 15.6 Å². The predicted molar refractivity (Wildman–Crippen MR) is 101 cm³/mol. The van der Waals surface area contributed by atoms with E-state index >= 15 is 0 Å². The minimum Gasteiger partial charge on any atom is -0.497 e. The van der Waals surface area contributed by atoms with Crippen LogP contribution in [0.1, 0.15) is 4.88 Å². The summed E-state index contributed by atoms with van der Waals surface area (Å²) < 4.78 is 10.6. The number of aromatic nitrogens is 1. The molecule has 1 aromatic carbocycles. The average Bonchev–Trinajstić information content (AvgIpc) is 3.31. The van der Waals surface area contributed by atoms with E-state index in [1.54, 1.807) is 25.6 Å². The van der Waals surface area contributed by atoms with Crippen LogP contribution in [0, 0.1) is 0 Å². The van der Waals surface area contributed by atoms with Crippen molar-refractivity contribution in [1.29, 1.82) is 0 Å². The third kappa shape index (κ3) is 4.28. The van der Waals surface area contributed by atoms with Gasteiger partial charge < -0.3 is 14.8 Å². The second-order valence-electron chi connectivity index (χ2n) is 4.99. The molecule has 0 fully saturated rings. The maximum atomic E-state index is 12.0. The Morgan fingerprint density at radius 2 is 2.08 bits per heavy atom. The van der Waals surface area contributed by atoms with Gasteiger partial charge in [0.25, 0.3) is 0 Å². The molecule has 0 bridgehead atoms. The molecule has 2 heterocycles. The molecule has 0 saturated heterocycles. The van der Waals surface area contributed by atoms with Crippen molar-refractivity contribution in [3.63, 3.8) is 0 Å². The number of hydrogen-bond acceptors (Lipinski definition) is 6. The summed E-state index contributed by atoms with van der Waals surface area (Å²) in [5.74, 6) is 1.41. The molecule has 25 heavy (non-hydrogen) atoms. The fourth-order valence-electron chi connectivity index (χ4n) is 2.19. The van der Waals surface area contributed by atoms with E-state index in [0.717, 1.165) is 10.4 Å². The van der Waals surface area contributed by atoms with Crippen molar-refractivity contribution in [2.45, 2.75) is 6.54 Å². The van der Waals surface area contributed by atoms with Gasteiger partial charge in [0.15, 0.2) is 5.13 Å². The summed E-state index contributed by atoms with van der Waals surface area (Å²) in [4.78, 5) is 17.5. The number of nitrogens with zero attached hydrogens (tertiary/aromatic N) is 1. The number of thiophene rings is 1. The van der Waals surface area contributed by atoms with E-state index < -0.39 is 0 Å². The van der Waals surface area contributed by atoms with Crippen LogP contribution >= 0.6 is 22.7 Å². The largest absolute Gasteiger partial charge is 0.497 e. The number of methoxy groups -OCH3 is 2. The topological polar surface area (TPSA) is 72.5 Å². The Hall–Kier alpha value is -2.58. The standard InChI is InChI=1S/C17H17N3O3S2/c1-22-11-5-6-15(23-2)13(8-11)14-10-25-17(19-14)20-16(21)18-9-12-4-3-7-24-12/h3-8,10H,9H2,1-2H3,(H2,18,19,20,21). The van der Waals surface area contributed by atoms with Crippen molar-refractivity contribution in [1.82, 2.24) is 10.3 Å². The van der Waals surface area contributed by atoms with Crippen LogP contribution in [0.15, 0.2) is 41.1 Å². The number of urea groups is 1. The highest BCUT2D eigenvalue weighted by molar-refractivity contribution is 7.14. The normalized spacial score (nSPS) is 10.3. The van der Waals surface area contributed by atoms with Gasteiger partial charge >= 0.3 is 6.03 Å². The fraction of sp³-hybridized carbons (Fsp3) is 0.176. The second kappa shape index (κ2) is 8.00. The maximum absolute atomic E-state index is 12.0. The first-order chi connectivity index (χ1) is 12.2. The molecular weight excluding hydrogens is 358 g/mol. The van der Waals surface area contributed by atoms with Gasteiger partial charge in [0.2, 0.25) is 0 Å². The molecule has 0 spiro atoms. The van der Waals surface area contributed by atoms with Gasteiger partial charge in [0.1, 0.15) is 11.5 Å². The van der Waals surface area contributed by atoms with E-state index in [4.69, 9.17) is 9.47 Å². The molecule has 8 heteroatoms. The van der Waals surface area contributed by atoms with Gasteiger partial charge in [-0.2, -0.15) is 0 Å². The summed E-state index contributed by atoms with van der Waals surface area (Å²) >= 11 is 2.95. The number of carbonyl (C=O) groups excluding carboxylic acids is 1. The SMILES string of the molecule is COc1ccc(OC)c(-c2csc(NC(=O)NCc3cccs3)n2)c1. The van der Waals surface area contributed by atoms with Crippen molar-refractivity contribution >= 4 is 33.8 Å². The lowest BCUT2D eigenvalue weighted by Crippen LogP contribution is -2.27. The predicted octanol–water partition coefficient (Wildman–Crippen LogP) is 4.21. The first kappa shape index (κ1) is 17.2. The minimum absolute atomic E-state index is 0.285. The average molecular weight is 375 g/mol. The molecule has 3 aromatic rings. The summed E-state index contributed by atoms with van der Waals surface area (Å²) in [5.41, 5.74) is 1.53. The molecule has 0 aliphatic heterocycles. The van der Waals surface area contributed by atoms with Crippen LogP contribution in [0.25, 0.3) is 11.3 Å². The van der Waals surface area contributed by atoms with Gasteiger partial charge in [-0.3, -0.25) is 5.32 Å². The monoisotopic (exact) mass is 375 g/mol. The van der Waals surface area contributed by atoms with Gasteiger partial charge in [-0.15, -0.1) is 22.7 Å². The number of rotatable bonds is 6. The maximum Gasteiger partial charge on any atom is 0.321 e. The van der Waals surface area contributed by atoms with Gasteiger partial charge in [0, 0.05) is 15.8 Å². The van der Waals surface area contributed by atoms with Gasteiger partial charge in [-0.1, -0.05) is 6.07 Å². The number of amides is 2. The number of anilines is 1. The van der Waals surface area contributed by atoms with Crippen molar-refractivity contribution in [3.8, 4) is 22.8 Å². The first-order valence-electron chi connectivity index (χ1n) is 7.44. The molecule has 0 aliphatic carbocycles. The molecule has 0 atom stereocenters. The molecule has 0 unspecified atom stereocenters. The molecule has 0 radical (unpaired) electrons. The third-order valence-electron chi connectivity index (χ3n) is 3.41. The molecule has 6 nitrogen and oxygen atoms in total. The number of ether oxygens (including phenoxy) is 2. The Labute approximate surface area is 153 Å². The van der Waals surface area contributed by atoms with E-state index in [9.17, 15) is 4.79 Å². The van der Waals surface area contributed by atoms with Crippen molar-refractivity contribution < 1.29 is 14.3 Å². The van der Waals surface area contributed by atoms with E-state index in [1.807, 2.05) is 41.1 Å². The second-order valence-corrected chi connectivity index (χ2v) is 6.88. The Balaban J connectivity index is 1.69. The number of hydrogen-bond donors (Lipinski definition) is 2. The third-order valence-corrected chi connectivity index (χ3v) is 5.04. The van der Waals surface area contributed by atoms with E-state index in [-0.39, 0.29) is 6.03 Å². The van der Waals surface area contributed by atoms with Crippen molar-refractivity contribution in [2.24, 2.45) is 0 Å². The Bertz CT molecular complexity index is 847. The molecule has 0 aliphatic rings. The van der Waals surface area contributed by atoms with Crippen LogP contribution in [0.2, 0.25) is 0 Å². The van der Waals surface area contributed by atoms with Crippen molar-refractivity contribution in [2.75, 3.05) is 19.5 Å². The van der Waals surface area contributed by atoms with Crippen LogP contribution in [0.4, 0.5) is 9.93 Å². The highest BCUT2D eigenvalue weighted by Gasteiger charge is 2.13. The number of carbonyl (C=O) groups is 1. The van der Waals surface area contributed by atoms with Gasteiger partial charge in [-0.25, -0.2) is 9.78 Å². The summed E-state index contributed by atoms with van der Waals surface area (Å²) in [6, 6.07) is 9.15. The Morgan fingerprint density at radius 1 is 1.20 bits per heavy atom. The quantitative estimate of drug-likeness (QED) is 0.677. The van der Waals surface area contributed by atoms with Crippen molar-refractivity contribution in [3.05, 3.63) is 46.0 Å². The van der Waals surface area contributed by atoms with Crippen LogP contribution in [-0.4, -0.2) is 25.2 Å². The molecule has 2 amide bonds. The van der Waals surface area contributed by atoms with Gasteiger partial charge in [0.05, 0.1) is 26.5 Å². The number of thiazole rings is 1. The molecule has 2 aromatic heterocycles. The zero-order valence-electron chi connectivity index (χ0n) is 13.7.